The lowest BCUT2D eigenvalue weighted by Gasteiger charge is -2.35. The van der Waals surface area contributed by atoms with Gasteiger partial charge in [-0.1, -0.05) is 12.1 Å². The van der Waals surface area contributed by atoms with Crippen molar-refractivity contribution in [2.45, 2.75) is 25.0 Å². The van der Waals surface area contributed by atoms with Gasteiger partial charge in [-0.15, -0.1) is 0 Å². The largest absolute Gasteiger partial charge is 0.485 e. The van der Waals surface area contributed by atoms with Gasteiger partial charge in [-0.3, -0.25) is 4.79 Å². The molecule has 1 fully saturated rings. The summed E-state index contributed by atoms with van der Waals surface area (Å²) in [5.74, 6) is 1.36. The number of ether oxygens (including phenoxy) is 2. The first-order chi connectivity index (χ1) is 9.75. The topological polar surface area (TPSA) is 50.8 Å². The van der Waals surface area contributed by atoms with Crippen LogP contribution >= 0.6 is 0 Å². The minimum Gasteiger partial charge on any atom is -0.485 e. The van der Waals surface area contributed by atoms with E-state index in [1.54, 1.807) is 0 Å². The second-order valence-corrected chi connectivity index (χ2v) is 5.29. The van der Waals surface area contributed by atoms with Crippen molar-refractivity contribution in [2.75, 3.05) is 26.7 Å². The van der Waals surface area contributed by atoms with Crippen LogP contribution in [0.25, 0.3) is 0 Å². The highest BCUT2D eigenvalue weighted by Gasteiger charge is 2.32. The molecule has 5 nitrogen and oxygen atoms in total. The first kappa shape index (κ1) is 13.2. The van der Waals surface area contributed by atoms with Gasteiger partial charge in [0.25, 0.3) is 5.91 Å². The number of nitrogens with one attached hydrogen (secondary N) is 1. The van der Waals surface area contributed by atoms with Gasteiger partial charge in [-0.05, 0) is 38.1 Å². The molecule has 3 rings (SSSR count). The number of carbonyl (C=O) groups is 1. The fourth-order valence-electron chi connectivity index (χ4n) is 2.74. The predicted octanol–water partition coefficient (Wildman–Crippen LogP) is 1.04. The molecule has 0 aromatic heterocycles. The number of nitrogens with zero attached hydrogens (tertiary/aromatic N) is 1. The molecule has 2 aliphatic rings. The molecule has 0 bridgehead atoms. The molecule has 0 aliphatic carbocycles. The Hall–Kier alpha value is -1.75. The van der Waals surface area contributed by atoms with Gasteiger partial charge in [0, 0.05) is 13.1 Å². The number of fused-ring (bicyclic) bond motifs is 1. The molecule has 1 amide bonds. The highest BCUT2D eigenvalue weighted by Crippen LogP contribution is 2.31. The number of amides is 1. The molecule has 5 heteroatoms. The SMILES string of the molecule is CN(C(=O)[C@H]1COc2ccccc2O1)C1CCNCC1. The zero-order valence-corrected chi connectivity index (χ0v) is 11.7. The number of carbonyl (C=O) groups excluding carboxylic acids is 1. The quantitative estimate of drug-likeness (QED) is 0.877. The molecular weight excluding hydrogens is 256 g/mol. The Bertz CT molecular complexity index is 486. The standard InChI is InChI=1S/C15H20N2O3/c1-17(11-6-8-16-9-7-11)15(18)14-10-19-12-4-2-3-5-13(12)20-14/h2-5,11,14,16H,6-10H2,1H3/t14-/m1/s1. The molecule has 20 heavy (non-hydrogen) atoms. The number of hydrogen-bond donors (Lipinski definition) is 1. The molecule has 1 saturated heterocycles. The predicted molar refractivity (Wildman–Crippen MR) is 75.0 cm³/mol. The molecule has 0 radical (unpaired) electrons. The second kappa shape index (κ2) is 5.71. The van der Waals surface area contributed by atoms with Gasteiger partial charge < -0.3 is 19.7 Å². The zero-order valence-electron chi connectivity index (χ0n) is 11.7. The fraction of sp³-hybridized carbons (Fsp3) is 0.533. The molecule has 2 heterocycles. The number of likely N-dealkylation sites (N-methyl/N-ethyl adjacent to an activating group) is 1. The average molecular weight is 276 g/mol. The highest BCUT2D eigenvalue weighted by atomic mass is 16.6. The summed E-state index contributed by atoms with van der Waals surface area (Å²) in [6, 6.07) is 7.76. The summed E-state index contributed by atoms with van der Waals surface area (Å²) in [5.41, 5.74) is 0. The van der Waals surface area contributed by atoms with Crippen LogP contribution in [-0.2, 0) is 4.79 Å². The van der Waals surface area contributed by atoms with Crippen LogP contribution in [0.15, 0.2) is 24.3 Å². The van der Waals surface area contributed by atoms with Crippen molar-refractivity contribution in [1.29, 1.82) is 0 Å². The van der Waals surface area contributed by atoms with Crippen molar-refractivity contribution >= 4 is 5.91 Å². The van der Waals surface area contributed by atoms with E-state index in [1.165, 1.54) is 0 Å². The zero-order chi connectivity index (χ0) is 13.9. The van der Waals surface area contributed by atoms with Gasteiger partial charge in [-0.2, -0.15) is 0 Å². The van der Waals surface area contributed by atoms with E-state index >= 15 is 0 Å². The minimum atomic E-state index is -0.537. The third-order valence-electron chi connectivity index (χ3n) is 3.99. The van der Waals surface area contributed by atoms with Gasteiger partial charge in [0.05, 0.1) is 0 Å². The lowest BCUT2D eigenvalue weighted by Crippen LogP contribution is -2.51. The summed E-state index contributed by atoms with van der Waals surface area (Å²) >= 11 is 0. The van der Waals surface area contributed by atoms with E-state index in [1.807, 2.05) is 36.2 Å². The number of rotatable bonds is 2. The Morgan fingerprint density at radius 3 is 2.70 bits per heavy atom. The minimum absolute atomic E-state index is 0.00593. The van der Waals surface area contributed by atoms with E-state index in [-0.39, 0.29) is 12.5 Å². The maximum atomic E-state index is 12.5. The Balaban J connectivity index is 1.66. The van der Waals surface area contributed by atoms with Crippen molar-refractivity contribution < 1.29 is 14.3 Å². The van der Waals surface area contributed by atoms with E-state index < -0.39 is 6.10 Å². The van der Waals surface area contributed by atoms with Gasteiger partial charge >= 0.3 is 0 Å². The molecule has 0 saturated carbocycles. The fourth-order valence-corrected chi connectivity index (χ4v) is 2.74. The molecule has 2 aliphatic heterocycles. The van der Waals surface area contributed by atoms with E-state index in [2.05, 4.69) is 5.32 Å². The summed E-state index contributed by atoms with van der Waals surface area (Å²) in [7, 11) is 1.86. The van der Waals surface area contributed by atoms with Crippen molar-refractivity contribution in [1.82, 2.24) is 10.2 Å². The number of benzene rings is 1. The smallest absolute Gasteiger partial charge is 0.267 e. The maximum Gasteiger partial charge on any atom is 0.267 e. The summed E-state index contributed by atoms with van der Waals surface area (Å²) in [6.07, 6.45) is 1.45. The summed E-state index contributed by atoms with van der Waals surface area (Å²) in [5, 5.41) is 3.31. The van der Waals surface area contributed by atoms with Gasteiger partial charge in [-0.25, -0.2) is 0 Å². The summed E-state index contributed by atoms with van der Waals surface area (Å²) < 4.78 is 11.4. The first-order valence-corrected chi connectivity index (χ1v) is 7.11. The molecule has 0 spiro atoms. The normalized spacial score (nSPS) is 22.4. The van der Waals surface area contributed by atoms with Crippen LogP contribution in [0.5, 0.6) is 11.5 Å². The molecule has 0 unspecified atom stereocenters. The van der Waals surface area contributed by atoms with Gasteiger partial charge in [0.2, 0.25) is 6.10 Å². The van der Waals surface area contributed by atoms with Crippen LogP contribution in [-0.4, -0.2) is 49.7 Å². The third kappa shape index (κ3) is 2.58. The van der Waals surface area contributed by atoms with Crippen LogP contribution in [0.3, 0.4) is 0 Å². The monoisotopic (exact) mass is 276 g/mol. The van der Waals surface area contributed by atoms with Crippen LogP contribution in [0, 0.1) is 0 Å². The summed E-state index contributed by atoms with van der Waals surface area (Å²) in [4.78, 5) is 14.3. The molecule has 108 valence electrons. The molecule has 1 aromatic rings. The molecule has 1 atom stereocenters. The van der Waals surface area contributed by atoms with Crippen molar-refractivity contribution in [2.24, 2.45) is 0 Å². The first-order valence-electron chi connectivity index (χ1n) is 7.11. The van der Waals surface area contributed by atoms with E-state index in [9.17, 15) is 4.79 Å². The van der Waals surface area contributed by atoms with E-state index in [0.717, 1.165) is 25.9 Å². The van der Waals surface area contributed by atoms with Crippen molar-refractivity contribution in [3.05, 3.63) is 24.3 Å². The molecule has 1 aromatic carbocycles. The van der Waals surface area contributed by atoms with Crippen molar-refractivity contribution in [3.63, 3.8) is 0 Å². The van der Waals surface area contributed by atoms with Crippen LogP contribution in [0.2, 0.25) is 0 Å². The van der Waals surface area contributed by atoms with Crippen LogP contribution < -0.4 is 14.8 Å². The summed E-state index contributed by atoms with van der Waals surface area (Å²) in [6.45, 7) is 2.21. The lowest BCUT2D eigenvalue weighted by atomic mass is 10.0. The number of hydrogen-bond acceptors (Lipinski definition) is 4. The average Bonchev–Trinajstić information content (AvgIpc) is 2.54. The second-order valence-electron chi connectivity index (χ2n) is 5.29. The maximum absolute atomic E-state index is 12.5. The van der Waals surface area contributed by atoms with Gasteiger partial charge in [0.15, 0.2) is 11.5 Å². The Morgan fingerprint density at radius 2 is 1.95 bits per heavy atom. The van der Waals surface area contributed by atoms with E-state index in [0.29, 0.717) is 17.5 Å². The number of para-hydroxylation sites is 2. The molecular formula is C15H20N2O3. The Kier molecular flexibility index (Phi) is 3.78. The molecule has 1 N–H and O–H groups in total. The number of piperidine rings is 1. The van der Waals surface area contributed by atoms with E-state index in [4.69, 9.17) is 9.47 Å². The van der Waals surface area contributed by atoms with Crippen LogP contribution in [0.1, 0.15) is 12.8 Å². The Morgan fingerprint density at radius 1 is 1.25 bits per heavy atom. The van der Waals surface area contributed by atoms with Crippen molar-refractivity contribution in [3.8, 4) is 11.5 Å². The highest BCUT2D eigenvalue weighted by molar-refractivity contribution is 5.82. The lowest BCUT2D eigenvalue weighted by molar-refractivity contribution is -0.142. The van der Waals surface area contributed by atoms with Gasteiger partial charge in [0.1, 0.15) is 6.61 Å². The van der Waals surface area contributed by atoms with Crippen LogP contribution in [0.4, 0.5) is 0 Å². The third-order valence-corrected chi connectivity index (χ3v) is 3.99. The Labute approximate surface area is 118 Å².